The zero-order valence-corrected chi connectivity index (χ0v) is 10.0. The van der Waals surface area contributed by atoms with Gasteiger partial charge in [-0.2, -0.15) is 0 Å². The van der Waals surface area contributed by atoms with Crippen molar-refractivity contribution in [3.05, 3.63) is 18.2 Å². The second-order valence-electron chi connectivity index (χ2n) is 4.54. The summed E-state index contributed by atoms with van der Waals surface area (Å²) in [6.07, 6.45) is 8.64. The summed E-state index contributed by atoms with van der Waals surface area (Å²) in [6, 6.07) is 0.529. The summed E-state index contributed by atoms with van der Waals surface area (Å²) in [7, 11) is 0. The third-order valence-corrected chi connectivity index (χ3v) is 3.16. The lowest BCUT2D eigenvalue weighted by Crippen LogP contribution is -2.35. The minimum Gasteiger partial charge on any atom is -0.350 e. The van der Waals surface area contributed by atoms with E-state index in [0.717, 1.165) is 18.7 Å². The average molecular weight is 236 g/mol. The second-order valence-corrected chi connectivity index (χ2v) is 4.54. The molecule has 0 spiro atoms. The predicted octanol–water partition coefficient (Wildman–Crippen LogP) is 0.948. The van der Waals surface area contributed by atoms with Gasteiger partial charge >= 0.3 is 0 Å². The number of hydrogen-bond donors (Lipinski definition) is 3. The summed E-state index contributed by atoms with van der Waals surface area (Å²) in [5.41, 5.74) is 0.939. The van der Waals surface area contributed by atoms with Crippen LogP contribution in [-0.4, -0.2) is 28.5 Å². The second kappa shape index (κ2) is 6.39. The molecule has 0 radical (unpaired) electrons. The van der Waals surface area contributed by atoms with E-state index in [4.69, 9.17) is 0 Å². The molecule has 1 aromatic rings. The fourth-order valence-electron chi connectivity index (χ4n) is 2.14. The molecule has 1 aliphatic heterocycles. The zero-order valence-electron chi connectivity index (χ0n) is 10.0. The number of aromatic amines is 1. The highest BCUT2D eigenvalue weighted by molar-refractivity contribution is 5.75. The highest BCUT2D eigenvalue weighted by atomic mass is 16.1. The molecule has 5 heteroatoms. The SMILES string of the molecule is O=C(CCC1CCCCN1)NCc1cnc[nH]1. The van der Waals surface area contributed by atoms with Crippen LogP contribution >= 0.6 is 0 Å². The van der Waals surface area contributed by atoms with E-state index in [1.165, 1.54) is 19.3 Å². The maximum absolute atomic E-state index is 11.6. The number of H-pyrrole nitrogens is 1. The Labute approximate surface area is 101 Å². The Bertz CT molecular complexity index is 330. The first-order chi connectivity index (χ1) is 8.34. The van der Waals surface area contributed by atoms with Crippen molar-refractivity contribution in [2.45, 2.75) is 44.7 Å². The summed E-state index contributed by atoms with van der Waals surface area (Å²) < 4.78 is 0. The van der Waals surface area contributed by atoms with Gasteiger partial charge in [-0.3, -0.25) is 4.79 Å². The Kier molecular flexibility index (Phi) is 4.55. The highest BCUT2D eigenvalue weighted by Crippen LogP contribution is 2.11. The molecule has 1 amide bonds. The van der Waals surface area contributed by atoms with E-state index in [2.05, 4.69) is 20.6 Å². The average Bonchev–Trinajstić information content (AvgIpc) is 2.88. The molecule has 0 aliphatic carbocycles. The van der Waals surface area contributed by atoms with Crippen LogP contribution in [-0.2, 0) is 11.3 Å². The molecule has 3 N–H and O–H groups in total. The van der Waals surface area contributed by atoms with Crippen molar-refractivity contribution in [3.8, 4) is 0 Å². The topological polar surface area (TPSA) is 69.8 Å². The predicted molar refractivity (Wildman–Crippen MR) is 65.3 cm³/mol. The molecule has 1 saturated heterocycles. The number of hydrogen-bond acceptors (Lipinski definition) is 3. The van der Waals surface area contributed by atoms with E-state index < -0.39 is 0 Å². The number of nitrogens with zero attached hydrogens (tertiary/aromatic N) is 1. The molecule has 1 aliphatic rings. The summed E-state index contributed by atoms with van der Waals surface area (Å²) >= 11 is 0. The van der Waals surface area contributed by atoms with Crippen molar-refractivity contribution >= 4 is 5.91 Å². The first kappa shape index (κ1) is 12.1. The van der Waals surface area contributed by atoms with Crippen molar-refractivity contribution < 1.29 is 4.79 Å². The summed E-state index contributed by atoms with van der Waals surface area (Å²) in [4.78, 5) is 18.5. The molecule has 1 fully saturated rings. The molecule has 94 valence electrons. The lowest BCUT2D eigenvalue weighted by molar-refractivity contribution is -0.121. The Hall–Kier alpha value is -1.36. The normalized spacial score (nSPS) is 20.1. The van der Waals surface area contributed by atoms with Crippen LogP contribution in [0.15, 0.2) is 12.5 Å². The van der Waals surface area contributed by atoms with Crippen molar-refractivity contribution in [2.75, 3.05) is 6.54 Å². The first-order valence-corrected chi connectivity index (χ1v) is 6.32. The van der Waals surface area contributed by atoms with Crippen molar-refractivity contribution in [1.29, 1.82) is 0 Å². The van der Waals surface area contributed by atoms with E-state index in [1.54, 1.807) is 12.5 Å². The van der Waals surface area contributed by atoms with Gasteiger partial charge in [0.05, 0.1) is 18.6 Å². The minimum absolute atomic E-state index is 0.118. The van der Waals surface area contributed by atoms with Crippen LogP contribution in [0.1, 0.15) is 37.8 Å². The monoisotopic (exact) mass is 236 g/mol. The molecule has 0 aromatic carbocycles. The van der Waals surface area contributed by atoms with Crippen molar-refractivity contribution in [2.24, 2.45) is 0 Å². The molecular weight excluding hydrogens is 216 g/mol. The van der Waals surface area contributed by atoms with E-state index in [1.807, 2.05) is 0 Å². The number of carbonyl (C=O) groups excluding carboxylic acids is 1. The summed E-state index contributed by atoms with van der Waals surface area (Å²) in [5.74, 6) is 0.118. The Morgan fingerprint density at radius 3 is 3.18 bits per heavy atom. The van der Waals surface area contributed by atoms with Crippen LogP contribution < -0.4 is 10.6 Å². The molecule has 1 atom stereocenters. The summed E-state index contributed by atoms with van der Waals surface area (Å²) in [6.45, 7) is 1.64. The number of aromatic nitrogens is 2. The van der Waals surface area contributed by atoms with Gasteiger partial charge in [0.25, 0.3) is 0 Å². The smallest absolute Gasteiger partial charge is 0.220 e. The largest absolute Gasteiger partial charge is 0.350 e. The van der Waals surface area contributed by atoms with Crippen molar-refractivity contribution in [3.63, 3.8) is 0 Å². The molecule has 0 bridgehead atoms. The van der Waals surface area contributed by atoms with Crippen LogP contribution in [0.25, 0.3) is 0 Å². The molecule has 2 rings (SSSR count). The molecule has 2 heterocycles. The van der Waals surface area contributed by atoms with Crippen LogP contribution in [0.4, 0.5) is 0 Å². The summed E-state index contributed by atoms with van der Waals surface area (Å²) in [5, 5.41) is 6.33. The maximum atomic E-state index is 11.6. The number of carbonyl (C=O) groups is 1. The lowest BCUT2D eigenvalue weighted by Gasteiger charge is -2.22. The Morgan fingerprint density at radius 2 is 2.47 bits per heavy atom. The van der Waals surface area contributed by atoms with Gasteiger partial charge in [0.15, 0.2) is 0 Å². The number of imidazole rings is 1. The van der Waals surface area contributed by atoms with Gasteiger partial charge in [-0.15, -0.1) is 0 Å². The molecule has 5 nitrogen and oxygen atoms in total. The van der Waals surface area contributed by atoms with Crippen molar-refractivity contribution in [1.82, 2.24) is 20.6 Å². The van der Waals surface area contributed by atoms with Crippen LogP contribution in [0.3, 0.4) is 0 Å². The fraction of sp³-hybridized carbons (Fsp3) is 0.667. The first-order valence-electron chi connectivity index (χ1n) is 6.32. The van der Waals surface area contributed by atoms with Gasteiger partial charge in [-0.05, 0) is 25.8 Å². The molecule has 0 saturated carbocycles. The van der Waals surface area contributed by atoms with Gasteiger partial charge < -0.3 is 15.6 Å². The lowest BCUT2D eigenvalue weighted by atomic mass is 10.0. The number of rotatable bonds is 5. The third-order valence-electron chi connectivity index (χ3n) is 3.16. The molecular formula is C12H20N4O. The fourth-order valence-corrected chi connectivity index (χ4v) is 2.14. The van der Waals surface area contributed by atoms with E-state index in [-0.39, 0.29) is 5.91 Å². The highest BCUT2D eigenvalue weighted by Gasteiger charge is 2.13. The van der Waals surface area contributed by atoms with E-state index in [0.29, 0.717) is 19.0 Å². The van der Waals surface area contributed by atoms with Crippen LogP contribution in [0.2, 0.25) is 0 Å². The Morgan fingerprint density at radius 1 is 1.53 bits per heavy atom. The number of piperidine rings is 1. The third kappa shape index (κ3) is 4.19. The van der Waals surface area contributed by atoms with Gasteiger partial charge in [0, 0.05) is 18.7 Å². The van der Waals surface area contributed by atoms with Gasteiger partial charge in [-0.1, -0.05) is 6.42 Å². The van der Waals surface area contributed by atoms with E-state index in [9.17, 15) is 4.79 Å². The van der Waals surface area contributed by atoms with Crippen LogP contribution in [0, 0.1) is 0 Å². The minimum atomic E-state index is 0.118. The van der Waals surface area contributed by atoms with Gasteiger partial charge in [0.2, 0.25) is 5.91 Å². The number of amides is 1. The van der Waals surface area contributed by atoms with Gasteiger partial charge in [0.1, 0.15) is 0 Å². The van der Waals surface area contributed by atoms with Gasteiger partial charge in [-0.25, -0.2) is 4.98 Å². The Balaban J connectivity index is 1.60. The van der Waals surface area contributed by atoms with E-state index >= 15 is 0 Å². The number of nitrogens with one attached hydrogen (secondary N) is 3. The molecule has 17 heavy (non-hydrogen) atoms. The van der Waals surface area contributed by atoms with Crippen LogP contribution in [0.5, 0.6) is 0 Å². The molecule has 1 unspecified atom stereocenters. The molecule has 1 aromatic heterocycles. The quantitative estimate of drug-likeness (QED) is 0.713. The zero-order chi connectivity index (χ0) is 11.9. The standard InChI is InChI=1S/C12H20N4O/c17-12(15-8-11-7-13-9-16-11)5-4-10-3-1-2-6-14-10/h7,9-10,14H,1-6,8H2,(H,13,16)(H,15,17). The maximum Gasteiger partial charge on any atom is 0.220 e.